The summed E-state index contributed by atoms with van der Waals surface area (Å²) in [5.74, 6) is 0. The SMILES string of the molecule is CNS(=O)(=O)c1ccc(C)c(N2CCNCC2)c1. The number of benzene rings is 1. The van der Waals surface area contributed by atoms with Gasteiger partial charge in [-0.05, 0) is 31.7 Å². The fourth-order valence-corrected chi connectivity index (χ4v) is 2.87. The molecule has 1 aromatic carbocycles. The lowest BCUT2D eigenvalue weighted by Crippen LogP contribution is -2.43. The Hall–Kier alpha value is -1.11. The van der Waals surface area contributed by atoms with E-state index in [4.69, 9.17) is 0 Å². The largest absolute Gasteiger partial charge is 0.369 e. The van der Waals surface area contributed by atoms with Gasteiger partial charge in [0.25, 0.3) is 0 Å². The minimum atomic E-state index is -3.37. The van der Waals surface area contributed by atoms with E-state index in [2.05, 4.69) is 14.9 Å². The van der Waals surface area contributed by atoms with Crippen LogP contribution in [0.4, 0.5) is 5.69 Å². The summed E-state index contributed by atoms with van der Waals surface area (Å²) in [5.41, 5.74) is 2.11. The number of piperazine rings is 1. The number of hydrogen-bond acceptors (Lipinski definition) is 4. The number of nitrogens with one attached hydrogen (secondary N) is 2. The molecule has 0 aromatic heterocycles. The van der Waals surface area contributed by atoms with Gasteiger partial charge in [0.1, 0.15) is 0 Å². The van der Waals surface area contributed by atoms with Crippen molar-refractivity contribution in [3.63, 3.8) is 0 Å². The van der Waals surface area contributed by atoms with Crippen LogP contribution in [0.3, 0.4) is 0 Å². The van der Waals surface area contributed by atoms with Crippen LogP contribution in [0.1, 0.15) is 5.56 Å². The summed E-state index contributed by atoms with van der Waals surface area (Å²) in [5, 5.41) is 3.29. The fourth-order valence-electron chi connectivity index (χ4n) is 2.12. The molecule has 1 fully saturated rings. The molecule has 0 aliphatic carbocycles. The predicted octanol–water partition coefficient (Wildman–Crippen LogP) is 0.313. The van der Waals surface area contributed by atoms with E-state index in [0.29, 0.717) is 4.90 Å². The third kappa shape index (κ3) is 2.66. The van der Waals surface area contributed by atoms with E-state index >= 15 is 0 Å². The molecular formula is C12H19N3O2S. The first-order chi connectivity index (χ1) is 8.54. The summed E-state index contributed by atoms with van der Waals surface area (Å²) < 4.78 is 26.0. The van der Waals surface area contributed by atoms with Gasteiger partial charge in [-0.15, -0.1) is 0 Å². The molecule has 0 radical (unpaired) electrons. The minimum absolute atomic E-state index is 0.323. The zero-order valence-corrected chi connectivity index (χ0v) is 11.5. The lowest BCUT2D eigenvalue weighted by Gasteiger charge is -2.31. The van der Waals surface area contributed by atoms with Gasteiger partial charge in [-0.3, -0.25) is 0 Å². The Morgan fingerprint density at radius 1 is 1.28 bits per heavy atom. The summed E-state index contributed by atoms with van der Waals surface area (Å²) >= 11 is 0. The molecule has 0 spiro atoms. The molecule has 2 rings (SSSR count). The van der Waals surface area contributed by atoms with Crippen molar-refractivity contribution in [2.45, 2.75) is 11.8 Å². The van der Waals surface area contributed by atoms with Crippen LogP contribution in [0.5, 0.6) is 0 Å². The normalized spacial score (nSPS) is 16.9. The molecule has 1 aliphatic rings. The number of hydrogen-bond donors (Lipinski definition) is 2. The van der Waals surface area contributed by atoms with Crippen LogP contribution in [0.2, 0.25) is 0 Å². The van der Waals surface area contributed by atoms with E-state index in [-0.39, 0.29) is 0 Å². The monoisotopic (exact) mass is 269 g/mol. The van der Waals surface area contributed by atoms with Crippen molar-refractivity contribution in [2.24, 2.45) is 0 Å². The van der Waals surface area contributed by atoms with Crippen LogP contribution >= 0.6 is 0 Å². The Kier molecular flexibility index (Phi) is 3.89. The second-order valence-corrected chi connectivity index (χ2v) is 6.28. The Labute approximate surface area is 108 Å². The highest BCUT2D eigenvalue weighted by Gasteiger charge is 2.17. The van der Waals surface area contributed by atoms with Gasteiger partial charge in [-0.1, -0.05) is 6.07 Å². The molecule has 1 aromatic rings. The van der Waals surface area contributed by atoms with Crippen molar-refractivity contribution in [3.8, 4) is 0 Å². The molecular weight excluding hydrogens is 250 g/mol. The minimum Gasteiger partial charge on any atom is -0.369 e. The van der Waals surface area contributed by atoms with Gasteiger partial charge in [-0.2, -0.15) is 0 Å². The molecule has 0 bridgehead atoms. The van der Waals surface area contributed by atoms with E-state index in [0.717, 1.165) is 37.4 Å². The molecule has 1 aliphatic heterocycles. The molecule has 1 saturated heterocycles. The van der Waals surface area contributed by atoms with Crippen LogP contribution in [0.15, 0.2) is 23.1 Å². The third-order valence-electron chi connectivity index (χ3n) is 3.22. The second kappa shape index (κ2) is 5.26. The van der Waals surface area contributed by atoms with Gasteiger partial charge < -0.3 is 10.2 Å². The standard InChI is InChI=1S/C12H19N3O2S/c1-10-3-4-11(18(16,17)13-2)9-12(10)15-7-5-14-6-8-15/h3-4,9,13-14H,5-8H2,1-2H3. The van der Waals surface area contributed by atoms with Gasteiger partial charge in [0, 0.05) is 31.9 Å². The van der Waals surface area contributed by atoms with Gasteiger partial charge in [0.2, 0.25) is 10.0 Å². The molecule has 1 heterocycles. The van der Waals surface area contributed by atoms with Gasteiger partial charge in [0.05, 0.1) is 4.90 Å². The highest BCUT2D eigenvalue weighted by atomic mass is 32.2. The molecule has 0 saturated carbocycles. The quantitative estimate of drug-likeness (QED) is 0.829. The van der Waals surface area contributed by atoms with E-state index in [1.54, 1.807) is 12.1 Å². The van der Waals surface area contributed by atoms with Crippen LogP contribution in [-0.4, -0.2) is 41.6 Å². The average molecular weight is 269 g/mol. The number of anilines is 1. The Morgan fingerprint density at radius 2 is 1.94 bits per heavy atom. The number of rotatable bonds is 3. The highest BCUT2D eigenvalue weighted by Crippen LogP contribution is 2.24. The number of nitrogens with zero attached hydrogens (tertiary/aromatic N) is 1. The Bertz CT molecular complexity index is 522. The lowest BCUT2D eigenvalue weighted by atomic mass is 10.1. The third-order valence-corrected chi connectivity index (χ3v) is 4.63. The first-order valence-corrected chi connectivity index (χ1v) is 7.53. The number of sulfonamides is 1. The molecule has 18 heavy (non-hydrogen) atoms. The molecule has 100 valence electrons. The number of aryl methyl sites for hydroxylation is 1. The van der Waals surface area contributed by atoms with Crippen molar-refractivity contribution < 1.29 is 8.42 Å². The van der Waals surface area contributed by atoms with E-state index in [1.807, 2.05) is 13.0 Å². The zero-order valence-electron chi connectivity index (χ0n) is 10.7. The van der Waals surface area contributed by atoms with E-state index in [1.165, 1.54) is 7.05 Å². The van der Waals surface area contributed by atoms with Gasteiger partial charge in [-0.25, -0.2) is 13.1 Å². The summed E-state index contributed by atoms with van der Waals surface area (Å²) in [6.45, 7) is 5.69. The van der Waals surface area contributed by atoms with Gasteiger partial charge >= 0.3 is 0 Å². The van der Waals surface area contributed by atoms with Crippen LogP contribution in [-0.2, 0) is 10.0 Å². The van der Waals surface area contributed by atoms with E-state index < -0.39 is 10.0 Å². The van der Waals surface area contributed by atoms with Crippen molar-refractivity contribution in [3.05, 3.63) is 23.8 Å². The second-order valence-electron chi connectivity index (χ2n) is 4.39. The smallest absolute Gasteiger partial charge is 0.240 e. The molecule has 5 nitrogen and oxygen atoms in total. The van der Waals surface area contributed by atoms with Crippen LogP contribution in [0.25, 0.3) is 0 Å². The predicted molar refractivity (Wildman–Crippen MR) is 72.5 cm³/mol. The molecule has 6 heteroatoms. The topological polar surface area (TPSA) is 61.4 Å². The first kappa shape index (κ1) is 13.3. The highest BCUT2D eigenvalue weighted by molar-refractivity contribution is 7.89. The van der Waals surface area contributed by atoms with Crippen molar-refractivity contribution >= 4 is 15.7 Å². The summed E-state index contributed by atoms with van der Waals surface area (Å²) in [4.78, 5) is 2.55. The van der Waals surface area contributed by atoms with Crippen molar-refractivity contribution in [2.75, 3.05) is 38.1 Å². The summed E-state index contributed by atoms with van der Waals surface area (Å²) in [6.07, 6.45) is 0. The first-order valence-electron chi connectivity index (χ1n) is 6.04. The molecule has 0 amide bonds. The van der Waals surface area contributed by atoms with Crippen LogP contribution < -0.4 is 14.9 Å². The van der Waals surface area contributed by atoms with E-state index in [9.17, 15) is 8.42 Å². The molecule has 2 N–H and O–H groups in total. The zero-order chi connectivity index (χ0) is 13.2. The summed E-state index contributed by atoms with van der Waals surface area (Å²) in [7, 11) is -1.94. The average Bonchev–Trinajstić information content (AvgIpc) is 2.40. The summed E-state index contributed by atoms with van der Waals surface area (Å²) in [6, 6.07) is 5.26. The maximum Gasteiger partial charge on any atom is 0.240 e. The van der Waals surface area contributed by atoms with Gasteiger partial charge in [0.15, 0.2) is 0 Å². The maximum atomic E-state index is 11.8. The molecule has 0 atom stereocenters. The van der Waals surface area contributed by atoms with Crippen molar-refractivity contribution in [1.82, 2.24) is 10.0 Å². The van der Waals surface area contributed by atoms with Crippen LogP contribution in [0, 0.1) is 6.92 Å². The fraction of sp³-hybridized carbons (Fsp3) is 0.500. The molecule has 0 unspecified atom stereocenters. The van der Waals surface area contributed by atoms with Crippen molar-refractivity contribution in [1.29, 1.82) is 0 Å². The Balaban J connectivity index is 2.38. The lowest BCUT2D eigenvalue weighted by molar-refractivity contribution is 0.584. The maximum absolute atomic E-state index is 11.8. The Morgan fingerprint density at radius 3 is 2.56 bits per heavy atom.